The number of aromatic carboxylic acids is 1. The summed E-state index contributed by atoms with van der Waals surface area (Å²) in [5.41, 5.74) is 0.294. The van der Waals surface area contributed by atoms with E-state index in [1.807, 2.05) is 11.8 Å². The first-order valence-corrected chi connectivity index (χ1v) is 7.55. The van der Waals surface area contributed by atoms with Crippen LogP contribution in [0.25, 0.3) is 0 Å². The Bertz CT molecular complexity index is 425. The lowest BCUT2D eigenvalue weighted by molar-refractivity contribution is 0.0695. The maximum atomic E-state index is 10.9. The van der Waals surface area contributed by atoms with Crippen LogP contribution < -0.4 is 0 Å². The van der Waals surface area contributed by atoms with E-state index < -0.39 is 5.97 Å². The predicted octanol–water partition coefficient (Wildman–Crippen LogP) is 4.10. The maximum absolute atomic E-state index is 10.9. The van der Waals surface area contributed by atoms with Crippen LogP contribution in [0.15, 0.2) is 10.5 Å². The van der Waals surface area contributed by atoms with E-state index >= 15 is 0 Å². The van der Waals surface area contributed by atoms with Crippen LogP contribution in [0.4, 0.5) is 0 Å². The average molecular weight is 268 g/mol. The molecule has 1 N–H and O–H groups in total. The molecule has 1 aliphatic rings. The van der Waals surface area contributed by atoms with Crippen molar-refractivity contribution in [2.45, 2.75) is 50.5 Å². The van der Waals surface area contributed by atoms with E-state index in [1.54, 1.807) is 13.0 Å². The smallest absolute Gasteiger partial charge is 0.339 e. The number of carboxylic acid groups (broad SMARTS) is 1. The number of thioether (sulfide) groups is 1. The van der Waals surface area contributed by atoms with Gasteiger partial charge in [-0.25, -0.2) is 4.79 Å². The largest absolute Gasteiger partial charge is 0.478 e. The summed E-state index contributed by atoms with van der Waals surface area (Å²) >= 11 is 1.90. The molecule has 1 aromatic heterocycles. The number of carboxylic acids is 1. The Balaban J connectivity index is 1.90. The van der Waals surface area contributed by atoms with Crippen LogP contribution >= 0.6 is 11.8 Å². The average Bonchev–Trinajstić information content (AvgIpc) is 2.68. The van der Waals surface area contributed by atoms with Gasteiger partial charge >= 0.3 is 5.97 Å². The molecule has 2 atom stereocenters. The van der Waals surface area contributed by atoms with Crippen molar-refractivity contribution in [2.75, 3.05) is 0 Å². The summed E-state index contributed by atoms with van der Waals surface area (Å²) in [5.74, 6) is 2.00. The first-order chi connectivity index (χ1) is 8.56. The van der Waals surface area contributed by atoms with E-state index in [-0.39, 0.29) is 0 Å². The lowest BCUT2D eigenvalue weighted by atomic mass is 9.91. The van der Waals surface area contributed by atoms with Crippen LogP contribution in [-0.4, -0.2) is 16.3 Å². The van der Waals surface area contributed by atoms with Gasteiger partial charge in [0.25, 0.3) is 0 Å². The molecule has 2 unspecified atom stereocenters. The highest BCUT2D eigenvalue weighted by Crippen LogP contribution is 2.34. The first kappa shape index (κ1) is 13.5. The normalized spacial score (nSPS) is 24.1. The van der Waals surface area contributed by atoms with Gasteiger partial charge in [-0.15, -0.1) is 0 Å². The minimum Gasteiger partial charge on any atom is -0.478 e. The fraction of sp³-hybridized carbons (Fsp3) is 0.643. The summed E-state index contributed by atoms with van der Waals surface area (Å²) in [4.78, 5) is 10.9. The molecular formula is C14H20O3S. The van der Waals surface area contributed by atoms with Crippen LogP contribution in [-0.2, 0) is 5.75 Å². The summed E-state index contributed by atoms with van der Waals surface area (Å²) in [6.45, 7) is 4.02. The first-order valence-electron chi connectivity index (χ1n) is 6.50. The summed E-state index contributed by atoms with van der Waals surface area (Å²) < 4.78 is 5.49. The van der Waals surface area contributed by atoms with Gasteiger partial charge in [0.15, 0.2) is 0 Å². The molecular weight excluding hydrogens is 248 g/mol. The van der Waals surface area contributed by atoms with E-state index in [9.17, 15) is 4.79 Å². The van der Waals surface area contributed by atoms with Crippen LogP contribution in [0, 0.1) is 12.8 Å². The van der Waals surface area contributed by atoms with Gasteiger partial charge in [0.2, 0.25) is 0 Å². The van der Waals surface area contributed by atoms with Crippen molar-refractivity contribution in [3.05, 3.63) is 23.2 Å². The molecule has 1 aromatic rings. The molecule has 0 amide bonds. The summed E-state index contributed by atoms with van der Waals surface area (Å²) in [6.07, 6.45) is 5.22. The minimum atomic E-state index is -0.904. The zero-order valence-corrected chi connectivity index (χ0v) is 11.8. The zero-order valence-electron chi connectivity index (χ0n) is 10.9. The third kappa shape index (κ3) is 3.31. The number of furan rings is 1. The molecule has 2 rings (SSSR count). The molecule has 1 heterocycles. The van der Waals surface area contributed by atoms with Crippen LogP contribution in [0.2, 0.25) is 0 Å². The van der Waals surface area contributed by atoms with Gasteiger partial charge in [0.05, 0.1) is 5.75 Å². The van der Waals surface area contributed by atoms with Gasteiger partial charge in [-0.3, -0.25) is 0 Å². The second-order valence-corrected chi connectivity index (χ2v) is 6.48. The van der Waals surface area contributed by atoms with Crippen molar-refractivity contribution in [3.8, 4) is 0 Å². The number of hydrogen-bond donors (Lipinski definition) is 1. The molecule has 1 fully saturated rings. The Labute approximate surface area is 112 Å². The van der Waals surface area contributed by atoms with Crippen molar-refractivity contribution in [2.24, 2.45) is 5.92 Å². The van der Waals surface area contributed by atoms with Crippen molar-refractivity contribution < 1.29 is 14.3 Å². The van der Waals surface area contributed by atoms with E-state index in [1.165, 1.54) is 25.7 Å². The van der Waals surface area contributed by atoms with E-state index in [2.05, 4.69) is 6.92 Å². The summed E-state index contributed by atoms with van der Waals surface area (Å²) in [7, 11) is 0. The van der Waals surface area contributed by atoms with Gasteiger partial charge in [-0.1, -0.05) is 19.8 Å². The second-order valence-electron chi connectivity index (χ2n) is 5.19. The molecule has 100 valence electrons. The molecule has 0 saturated heterocycles. The lowest BCUT2D eigenvalue weighted by Gasteiger charge is -2.25. The number of carbonyl (C=O) groups is 1. The minimum absolute atomic E-state index is 0.294. The van der Waals surface area contributed by atoms with Gasteiger partial charge in [0, 0.05) is 5.25 Å². The predicted molar refractivity (Wildman–Crippen MR) is 73.1 cm³/mol. The van der Waals surface area contributed by atoms with Crippen molar-refractivity contribution >= 4 is 17.7 Å². The highest BCUT2D eigenvalue weighted by molar-refractivity contribution is 7.99. The quantitative estimate of drug-likeness (QED) is 0.893. The Morgan fingerprint density at radius 3 is 2.94 bits per heavy atom. The molecule has 3 nitrogen and oxygen atoms in total. The van der Waals surface area contributed by atoms with E-state index in [4.69, 9.17) is 9.52 Å². The molecule has 0 spiro atoms. The molecule has 1 aliphatic carbocycles. The van der Waals surface area contributed by atoms with Gasteiger partial charge < -0.3 is 9.52 Å². The summed E-state index contributed by atoms with van der Waals surface area (Å²) in [6, 6.07) is 1.66. The van der Waals surface area contributed by atoms with Crippen molar-refractivity contribution in [1.82, 2.24) is 0 Å². The van der Waals surface area contributed by atoms with E-state index in [0.29, 0.717) is 16.6 Å². The van der Waals surface area contributed by atoms with Crippen molar-refractivity contribution in [3.63, 3.8) is 0 Å². The van der Waals surface area contributed by atoms with Gasteiger partial charge in [0.1, 0.15) is 17.1 Å². The van der Waals surface area contributed by atoms with Crippen LogP contribution in [0.1, 0.15) is 54.5 Å². The third-order valence-electron chi connectivity index (χ3n) is 3.55. The highest BCUT2D eigenvalue weighted by Gasteiger charge is 2.20. The van der Waals surface area contributed by atoms with Gasteiger partial charge in [-0.05, 0) is 31.7 Å². The van der Waals surface area contributed by atoms with Gasteiger partial charge in [-0.2, -0.15) is 11.8 Å². The fourth-order valence-electron chi connectivity index (χ4n) is 2.56. The fourth-order valence-corrected chi connectivity index (χ4v) is 3.90. The standard InChI is InChI=1S/C14H20O3S/c1-9-4-3-5-12(6-9)18-8-11-7-13(14(15)16)10(2)17-11/h7,9,12H,3-6,8H2,1-2H3,(H,15,16). The maximum Gasteiger partial charge on any atom is 0.339 e. The zero-order chi connectivity index (χ0) is 13.1. The monoisotopic (exact) mass is 268 g/mol. The molecule has 0 radical (unpaired) electrons. The molecule has 0 aliphatic heterocycles. The van der Waals surface area contributed by atoms with Crippen molar-refractivity contribution in [1.29, 1.82) is 0 Å². The highest BCUT2D eigenvalue weighted by atomic mass is 32.2. The molecule has 1 saturated carbocycles. The Morgan fingerprint density at radius 2 is 2.33 bits per heavy atom. The van der Waals surface area contributed by atoms with Crippen LogP contribution in [0.3, 0.4) is 0 Å². The number of hydrogen-bond acceptors (Lipinski definition) is 3. The Hall–Kier alpha value is -0.900. The lowest BCUT2D eigenvalue weighted by Crippen LogP contribution is -2.15. The van der Waals surface area contributed by atoms with Crippen LogP contribution in [0.5, 0.6) is 0 Å². The second kappa shape index (κ2) is 5.83. The Kier molecular flexibility index (Phi) is 4.38. The number of rotatable bonds is 4. The molecule has 4 heteroatoms. The van der Waals surface area contributed by atoms with E-state index in [0.717, 1.165) is 17.4 Å². The molecule has 0 bridgehead atoms. The molecule has 0 aromatic carbocycles. The summed E-state index contributed by atoms with van der Waals surface area (Å²) in [5, 5.41) is 9.67. The SMILES string of the molecule is Cc1oc(CSC2CCCC(C)C2)cc1C(=O)O. The molecule has 18 heavy (non-hydrogen) atoms. The number of aryl methyl sites for hydroxylation is 1. The Morgan fingerprint density at radius 1 is 1.56 bits per heavy atom. The third-order valence-corrected chi connectivity index (χ3v) is 4.90. The topological polar surface area (TPSA) is 50.4 Å².